The van der Waals surface area contributed by atoms with Crippen LogP contribution in [0.15, 0.2) is 12.5 Å². The van der Waals surface area contributed by atoms with Crippen molar-refractivity contribution in [2.75, 3.05) is 6.61 Å². The van der Waals surface area contributed by atoms with Gasteiger partial charge in [-0.25, -0.2) is 9.97 Å². The summed E-state index contributed by atoms with van der Waals surface area (Å²) in [6.45, 7) is 1.59. The van der Waals surface area contributed by atoms with Crippen molar-refractivity contribution in [3.63, 3.8) is 0 Å². The summed E-state index contributed by atoms with van der Waals surface area (Å²) < 4.78 is 12.6. The van der Waals surface area contributed by atoms with Crippen LogP contribution in [-0.4, -0.2) is 33.2 Å². The van der Waals surface area contributed by atoms with Crippen LogP contribution in [0.25, 0.3) is 11.0 Å². The van der Waals surface area contributed by atoms with Crippen LogP contribution in [0.2, 0.25) is 5.15 Å². The topological polar surface area (TPSA) is 90.0 Å². The maximum Gasteiger partial charge on any atom is 0.302 e. The first kappa shape index (κ1) is 14.8. The number of rotatable bonds is 3. The van der Waals surface area contributed by atoms with E-state index in [4.69, 9.17) is 21.1 Å². The van der Waals surface area contributed by atoms with Gasteiger partial charge in [0.1, 0.15) is 36.0 Å². The summed E-state index contributed by atoms with van der Waals surface area (Å²) >= 11 is 6.06. The zero-order valence-corrected chi connectivity index (χ0v) is 12.6. The van der Waals surface area contributed by atoms with Gasteiger partial charge in [-0.2, -0.15) is 5.26 Å². The summed E-state index contributed by atoms with van der Waals surface area (Å²) in [5.41, 5.74) is 0.974. The third kappa shape index (κ3) is 2.63. The van der Waals surface area contributed by atoms with Crippen LogP contribution in [0.1, 0.15) is 31.6 Å². The molecular formula is C14H13ClN4O3. The van der Waals surface area contributed by atoms with Gasteiger partial charge in [-0.15, -0.1) is 0 Å². The number of aromatic nitrogens is 3. The van der Waals surface area contributed by atoms with Crippen LogP contribution < -0.4 is 0 Å². The number of halogens is 1. The monoisotopic (exact) mass is 320 g/mol. The second-order valence-corrected chi connectivity index (χ2v) is 5.38. The molecule has 22 heavy (non-hydrogen) atoms. The smallest absolute Gasteiger partial charge is 0.302 e. The maximum atomic E-state index is 10.9. The first-order chi connectivity index (χ1) is 10.6. The molecule has 2 atom stereocenters. The van der Waals surface area contributed by atoms with E-state index in [0.29, 0.717) is 16.6 Å². The molecule has 114 valence electrons. The quantitative estimate of drug-likeness (QED) is 0.636. The fourth-order valence-electron chi connectivity index (χ4n) is 2.58. The summed E-state index contributed by atoms with van der Waals surface area (Å²) in [7, 11) is 0. The second kappa shape index (κ2) is 5.91. The molecule has 7 nitrogen and oxygen atoms in total. The van der Waals surface area contributed by atoms with Crippen LogP contribution in [0.3, 0.4) is 0 Å². The van der Waals surface area contributed by atoms with Gasteiger partial charge in [0.2, 0.25) is 0 Å². The number of hydrogen-bond acceptors (Lipinski definition) is 6. The lowest BCUT2D eigenvalue weighted by Crippen LogP contribution is -2.18. The Labute approximate surface area is 131 Å². The average molecular weight is 321 g/mol. The van der Waals surface area contributed by atoms with Crippen molar-refractivity contribution in [2.24, 2.45) is 0 Å². The van der Waals surface area contributed by atoms with Crippen LogP contribution >= 0.6 is 11.6 Å². The Kier molecular flexibility index (Phi) is 3.96. The van der Waals surface area contributed by atoms with E-state index in [9.17, 15) is 10.1 Å². The van der Waals surface area contributed by atoms with Gasteiger partial charge in [-0.05, 0) is 12.8 Å². The molecule has 2 aromatic heterocycles. The fraction of sp³-hybridized carbons (Fsp3) is 0.429. The third-order valence-corrected chi connectivity index (χ3v) is 3.84. The lowest BCUT2D eigenvalue weighted by Gasteiger charge is -2.15. The normalized spacial score (nSPS) is 21.0. The molecule has 0 amide bonds. The van der Waals surface area contributed by atoms with E-state index in [0.717, 1.165) is 12.8 Å². The molecule has 1 aliphatic heterocycles. The van der Waals surface area contributed by atoms with Crippen LogP contribution in [0.4, 0.5) is 0 Å². The van der Waals surface area contributed by atoms with Gasteiger partial charge in [-0.3, -0.25) is 4.79 Å². The molecule has 1 unspecified atom stereocenters. The second-order valence-electron chi connectivity index (χ2n) is 5.02. The van der Waals surface area contributed by atoms with Gasteiger partial charge >= 0.3 is 5.97 Å². The molecule has 1 aliphatic rings. The average Bonchev–Trinajstić information content (AvgIpc) is 3.09. The van der Waals surface area contributed by atoms with Crippen molar-refractivity contribution in [1.29, 1.82) is 5.26 Å². The molecule has 3 rings (SSSR count). The molecule has 0 aromatic carbocycles. The van der Waals surface area contributed by atoms with Crippen LogP contribution in [0.5, 0.6) is 0 Å². The lowest BCUT2D eigenvalue weighted by molar-refractivity contribution is -0.145. The van der Waals surface area contributed by atoms with Gasteiger partial charge in [0.15, 0.2) is 0 Å². The Morgan fingerprint density at radius 1 is 1.59 bits per heavy atom. The SMILES string of the molecule is CC(=O)OCC1CC[C@H](n2cc(C#N)c3c(Cl)ncnc32)O1. The zero-order valence-electron chi connectivity index (χ0n) is 11.8. The minimum Gasteiger partial charge on any atom is -0.463 e. The molecule has 1 saturated heterocycles. The van der Waals surface area contributed by atoms with Gasteiger partial charge in [0.25, 0.3) is 0 Å². The van der Waals surface area contributed by atoms with E-state index < -0.39 is 0 Å². The molecule has 0 bridgehead atoms. The van der Waals surface area contributed by atoms with E-state index in [1.807, 2.05) is 0 Å². The van der Waals surface area contributed by atoms with Crippen LogP contribution in [0, 0.1) is 11.3 Å². The minimum atomic E-state index is -0.329. The molecule has 3 heterocycles. The number of fused-ring (bicyclic) bond motifs is 1. The minimum absolute atomic E-state index is 0.158. The molecule has 2 aromatic rings. The first-order valence-electron chi connectivity index (χ1n) is 6.80. The van der Waals surface area contributed by atoms with E-state index >= 15 is 0 Å². The van der Waals surface area contributed by atoms with E-state index in [1.165, 1.54) is 13.3 Å². The van der Waals surface area contributed by atoms with Crippen molar-refractivity contribution in [3.8, 4) is 6.07 Å². The summed E-state index contributed by atoms with van der Waals surface area (Å²) in [6.07, 6.45) is 4.10. The lowest BCUT2D eigenvalue weighted by atomic mass is 10.2. The predicted octanol–water partition coefficient (Wildman–Crippen LogP) is 2.20. The molecule has 1 fully saturated rings. The molecule has 0 spiro atoms. The summed E-state index contributed by atoms with van der Waals surface area (Å²) in [4.78, 5) is 19.0. The Bertz CT molecular complexity index is 767. The summed E-state index contributed by atoms with van der Waals surface area (Å²) in [6, 6.07) is 2.10. The number of nitriles is 1. The van der Waals surface area contributed by atoms with Gasteiger partial charge in [0, 0.05) is 13.1 Å². The fourth-order valence-corrected chi connectivity index (χ4v) is 2.81. The number of carbonyl (C=O) groups excluding carboxylic acids is 1. The van der Waals surface area contributed by atoms with Crippen molar-refractivity contribution >= 4 is 28.6 Å². The number of carbonyl (C=O) groups is 1. The van der Waals surface area contributed by atoms with Gasteiger partial charge < -0.3 is 14.0 Å². The number of ether oxygens (including phenoxy) is 2. The molecular weight excluding hydrogens is 308 g/mol. The maximum absolute atomic E-state index is 10.9. The molecule has 0 radical (unpaired) electrons. The van der Waals surface area contributed by atoms with E-state index in [1.54, 1.807) is 10.8 Å². The first-order valence-corrected chi connectivity index (χ1v) is 7.18. The van der Waals surface area contributed by atoms with Crippen LogP contribution in [-0.2, 0) is 14.3 Å². The third-order valence-electron chi connectivity index (χ3n) is 3.55. The Morgan fingerprint density at radius 3 is 3.14 bits per heavy atom. The van der Waals surface area contributed by atoms with Crippen molar-refractivity contribution < 1.29 is 14.3 Å². The van der Waals surface area contributed by atoms with Crippen molar-refractivity contribution in [1.82, 2.24) is 14.5 Å². The molecule has 8 heteroatoms. The largest absolute Gasteiger partial charge is 0.463 e. The summed E-state index contributed by atoms with van der Waals surface area (Å²) in [5, 5.41) is 10.0. The molecule has 0 aliphatic carbocycles. The highest BCUT2D eigenvalue weighted by molar-refractivity contribution is 6.34. The summed E-state index contributed by atoms with van der Waals surface area (Å²) in [5.74, 6) is -0.329. The zero-order chi connectivity index (χ0) is 15.7. The Balaban J connectivity index is 1.87. The number of nitrogens with zero attached hydrogens (tertiary/aromatic N) is 4. The van der Waals surface area contributed by atoms with Gasteiger partial charge in [0.05, 0.1) is 17.1 Å². The van der Waals surface area contributed by atoms with Crippen molar-refractivity contribution in [2.45, 2.75) is 32.1 Å². The molecule has 0 N–H and O–H groups in total. The van der Waals surface area contributed by atoms with Gasteiger partial charge in [-0.1, -0.05) is 11.6 Å². The van der Waals surface area contributed by atoms with Crippen molar-refractivity contribution in [3.05, 3.63) is 23.2 Å². The predicted molar refractivity (Wildman–Crippen MR) is 77.0 cm³/mol. The molecule has 0 saturated carbocycles. The Hall–Kier alpha value is -2.17. The Morgan fingerprint density at radius 2 is 2.41 bits per heavy atom. The highest BCUT2D eigenvalue weighted by atomic mass is 35.5. The number of hydrogen-bond donors (Lipinski definition) is 0. The number of esters is 1. The highest BCUT2D eigenvalue weighted by Gasteiger charge is 2.29. The van der Waals surface area contributed by atoms with E-state index in [-0.39, 0.29) is 30.1 Å². The van der Waals surface area contributed by atoms with E-state index in [2.05, 4.69) is 16.0 Å². The highest BCUT2D eigenvalue weighted by Crippen LogP contribution is 2.34. The standard InChI is InChI=1S/C14H13ClN4O3/c1-8(20)21-6-10-2-3-11(22-10)19-5-9(4-16)12-13(15)17-7-18-14(12)19/h5,7,10-11H,2-3,6H2,1H3/t10?,11-/m1/s1.